The van der Waals surface area contributed by atoms with Crippen LogP contribution in [0.15, 0.2) is 40.3 Å². The molecular formula is C14H16N4O2. The lowest BCUT2D eigenvalue weighted by molar-refractivity contribution is -0.130. The number of hydrazine groups is 1. The van der Waals surface area contributed by atoms with Gasteiger partial charge in [-0.15, -0.1) is 0 Å². The van der Waals surface area contributed by atoms with Crippen molar-refractivity contribution in [3.8, 4) is 0 Å². The van der Waals surface area contributed by atoms with E-state index in [1.54, 1.807) is 12.1 Å². The summed E-state index contributed by atoms with van der Waals surface area (Å²) in [7, 11) is 0. The number of nitrogens with one attached hydrogen (secondary N) is 1. The Morgan fingerprint density at radius 2 is 2.05 bits per heavy atom. The summed E-state index contributed by atoms with van der Waals surface area (Å²) in [6.45, 7) is 3.86. The Hall–Kier alpha value is -2.50. The molecule has 0 radical (unpaired) electrons. The van der Waals surface area contributed by atoms with E-state index in [0.717, 1.165) is 11.4 Å². The van der Waals surface area contributed by atoms with Crippen LogP contribution < -0.4 is 5.43 Å². The van der Waals surface area contributed by atoms with Gasteiger partial charge in [0.1, 0.15) is 5.71 Å². The van der Waals surface area contributed by atoms with Crippen molar-refractivity contribution in [1.29, 1.82) is 0 Å². The third kappa shape index (κ3) is 2.90. The van der Waals surface area contributed by atoms with Crippen LogP contribution in [0.1, 0.15) is 25.8 Å². The first-order chi connectivity index (χ1) is 9.63. The predicted octanol–water partition coefficient (Wildman–Crippen LogP) is 1.14. The van der Waals surface area contributed by atoms with Crippen LogP contribution in [0.2, 0.25) is 0 Å². The summed E-state index contributed by atoms with van der Waals surface area (Å²) in [6, 6.07) is 9.11. The Bertz CT molecular complexity index is 578. The van der Waals surface area contributed by atoms with E-state index in [-0.39, 0.29) is 23.5 Å². The van der Waals surface area contributed by atoms with E-state index < -0.39 is 0 Å². The van der Waals surface area contributed by atoms with E-state index in [1.807, 2.05) is 25.1 Å². The molecule has 0 bridgehead atoms. The van der Waals surface area contributed by atoms with Gasteiger partial charge in [0.15, 0.2) is 0 Å². The van der Waals surface area contributed by atoms with Gasteiger partial charge in [0.05, 0.1) is 0 Å². The third-order valence-corrected chi connectivity index (χ3v) is 2.61. The summed E-state index contributed by atoms with van der Waals surface area (Å²) in [5.41, 5.74) is 3.44. The normalized spacial score (nSPS) is 16.5. The van der Waals surface area contributed by atoms with Gasteiger partial charge in [-0.1, -0.05) is 37.3 Å². The Labute approximate surface area is 117 Å². The maximum absolute atomic E-state index is 12.3. The SMILES string of the molecule is CCCN=C1N=C(c2ccccc2)C(=O)N1NC(C)=O. The van der Waals surface area contributed by atoms with Gasteiger partial charge in [-0.3, -0.25) is 15.0 Å². The minimum Gasteiger partial charge on any atom is -0.274 e. The minimum atomic E-state index is -0.374. The molecule has 20 heavy (non-hydrogen) atoms. The van der Waals surface area contributed by atoms with Crippen molar-refractivity contribution in [3.05, 3.63) is 35.9 Å². The molecular weight excluding hydrogens is 256 g/mol. The second-order valence-corrected chi connectivity index (χ2v) is 4.32. The van der Waals surface area contributed by atoms with E-state index in [1.165, 1.54) is 6.92 Å². The van der Waals surface area contributed by atoms with Crippen molar-refractivity contribution in [1.82, 2.24) is 10.4 Å². The molecule has 0 saturated heterocycles. The zero-order valence-corrected chi connectivity index (χ0v) is 11.5. The molecule has 1 aromatic carbocycles. The summed E-state index contributed by atoms with van der Waals surface area (Å²) < 4.78 is 0. The van der Waals surface area contributed by atoms with E-state index in [4.69, 9.17) is 0 Å². The summed E-state index contributed by atoms with van der Waals surface area (Å²) >= 11 is 0. The molecule has 0 aliphatic carbocycles. The van der Waals surface area contributed by atoms with Crippen LogP contribution in [0.4, 0.5) is 0 Å². The molecule has 0 spiro atoms. The molecule has 1 aromatic rings. The fourth-order valence-corrected chi connectivity index (χ4v) is 1.75. The number of hydrogen-bond acceptors (Lipinski definition) is 3. The lowest BCUT2D eigenvalue weighted by atomic mass is 10.1. The molecule has 1 N–H and O–H groups in total. The number of hydrogen-bond donors (Lipinski definition) is 1. The van der Waals surface area contributed by atoms with Gasteiger partial charge in [0.2, 0.25) is 11.9 Å². The molecule has 0 saturated carbocycles. The first-order valence-corrected chi connectivity index (χ1v) is 6.43. The molecule has 2 amide bonds. The van der Waals surface area contributed by atoms with Crippen molar-refractivity contribution < 1.29 is 9.59 Å². The maximum Gasteiger partial charge on any atom is 0.299 e. The zero-order chi connectivity index (χ0) is 14.5. The van der Waals surface area contributed by atoms with Gasteiger partial charge in [-0.25, -0.2) is 9.98 Å². The van der Waals surface area contributed by atoms with Crippen LogP contribution in [0.3, 0.4) is 0 Å². The lowest BCUT2D eigenvalue weighted by Gasteiger charge is -2.15. The van der Waals surface area contributed by atoms with Crippen LogP contribution in [-0.2, 0) is 9.59 Å². The Morgan fingerprint density at radius 1 is 1.35 bits per heavy atom. The number of benzene rings is 1. The molecule has 2 rings (SSSR count). The van der Waals surface area contributed by atoms with Crippen molar-refractivity contribution in [2.24, 2.45) is 9.98 Å². The van der Waals surface area contributed by atoms with Crippen LogP contribution in [0, 0.1) is 0 Å². The lowest BCUT2D eigenvalue weighted by Crippen LogP contribution is -2.47. The highest BCUT2D eigenvalue weighted by Gasteiger charge is 2.33. The molecule has 1 aliphatic rings. The van der Waals surface area contributed by atoms with Crippen LogP contribution in [0.5, 0.6) is 0 Å². The fraction of sp³-hybridized carbons (Fsp3) is 0.286. The number of guanidine groups is 1. The minimum absolute atomic E-state index is 0.228. The number of amides is 2. The largest absolute Gasteiger partial charge is 0.299 e. The topological polar surface area (TPSA) is 74.1 Å². The fourth-order valence-electron chi connectivity index (χ4n) is 1.75. The standard InChI is InChI=1S/C14H16N4O2/c1-3-9-15-14-16-12(11-7-5-4-6-8-11)13(20)18(14)17-10(2)19/h4-8H,3,9H2,1-2H3,(H,17,19). The quantitative estimate of drug-likeness (QED) is 0.892. The molecule has 6 nitrogen and oxygen atoms in total. The molecule has 0 aromatic heterocycles. The second kappa shape index (κ2) is 6.10. The highest BCUT2D eigenvalue weighted by atomic mass is 16.2. The number of rotatable bonds is 4. The highest BCUT2D eigenvalue weighted by Crippen LogP contribution is 2.12. The average molecular weight is 272 g/mol. The summed E-state index contributed by atoms with van der Waals surface area (Å²) in [4.78, 5) is 32.0. The van der Waals surface area contributed by atoms with Gasteiger partial charge >= 0.3 is 0 Å². The molecule has 0 fully saturated rings. The van der Waals surface area contributed by atoms with Crippen LogP contribution in [-0.4, -0.2) is 35.0 Å². The molecule has 0 atom stereocenters. The van der Waals surface area contributed by atoms with E-state index >= 15 is 0 Å². The molecule has 1 heterocycles. The monoisotopic (exact) mass is 272 g/mol. The second-order valence-electron chi connectivity index (χ2n) is 4.32. The van der Waals surface area contributed by atoms with E-state index in [0.29, 0.717) is 12.1 Å². The molecule has 104 valence electrons. The van der Waals surface area contributed by atoms with Crippen molar-refractivity contribution in [2.45, 2.75) is 20.3 Å². The highest BCUT2D eigenvalue weighted by molar-refractivity contribution is 6.51. The molecule has 1 aliphatic heterocycles. The number of aliphatic imine (C=N–C) groups is 2. The number of carbonyl (C=O) groups is 2. The maximum atomic E-state index is 12.3. The Morgan fingerprint density at radius 3 is 2.65 bits per heavy atom. The average Bonchev–Trinajstić information content (AvgIpc) is 2.74. The van der Waals surface area contributed by atoms with Gasteiger partial charge < -0.3 is 0 Å². The predicted molar refractivity (Wildman–Crippen MR) is 76.2 cm³/mol. The van der Waals surface area contributed by atoms with Crippen LogP contribution in [0.25, 0.3) is 0 Å². The summed E-state index contributed by atoms with van der Waals surface area (Å²) in [5.74, 6) is -0.487. The number of nitrogens with zero attached hydrogens (tertiary/aromatic N) is 3. The van der Waals surface area contributed by atoms with Gasteiger partial charge in [-0.05, 0) is 6.42 Å². The van der Waals surface area contributed by atoms with Crippen LogP contribution >= 0.6 is 0 Å². The number of carbonyl (C=O) groups excluding carboxylic acids is 2. The van der Waals surface area contributed by atoms with Gasteiger partial charge in [0, 0.05) is 19.0 Å². The van der Waals surface area contributed by atoms with E-state index in [9.17, 15) is 9.59 Å². The van der Waals surface area contributed by atoms with Crippen molar-refractivity contribution >= 4 is 23.5 Å². The first kappa shape index (κ1) is 13.9. The van der Waals surface area contributed by atoms with Gasteiger partial charge in [-0.2, -0.15) is 5.01 Å². The first-order valence-electron chi connectivity index (χ1n) is 6.43. The Kier molecular flexibility index (Phi) is 4.24. The van der Waals surface area contributed by atoms with Crippen molar-refractivity contribution in [3.63, 3.8) is 0 Å². The van der Waals surface area contributed by atoms with Gasteiger partial charge in [0.25, 0.3) is 5.91 Å². The summed E-state index contributed by atoms with van der Waals surface area (Å²) in [6.07, 6.45) is 0.835. The Balaban J connectivity index is 2.34. The molecule has 0 unspecified atom stereocenters. The molecule has 6 heteroatoms. The smallest absolute Gasteiger partial charge is 0.274 e. The third-order valence-electron chi connectivity index (χ3n) is 2.61. The summed E-state index contributed by atoms with van der Waals surface area (Å²) in [5, 5.41) is 1.10. The van der Waals surface area contributed by atoms with Crippen molar-refractivity contribution in [2.75, 3.05) is 6.54 Å². The zero-order valence-electron chi connectivity index (χ0n) is 11.5. The van der Waals surface area contributed by atoms with E-state index in [2.05, 4.69) is 15.4 Å².